The maximum absolute atomic E-state index is 12.9. The molecule has 116 valence electrons. The van der Waals surface area contributed by atoms with Crippen molar-refractivity contribution in [2.75, 3.05) is 13.2 Å². The van der Waals surface area contributed by atoms with Crippen LogP contribution in [0.4, 0.5) is 4.39 Å². The highest BCUT2D eigenvalue weighted by molar-refractivity contribution is 7.55. The van der Waals surface area contributed by atoms with E-state index in [1.165, 1.54) is 12.1 Å². The van der Waals surface area contributed by atoms with E-state index in [2.05, 4.69) is 0 Å². The van der Waals surface area contributed by atoms with Gasteiger partial charge in [0.15, 0.2) is 5.78 Å². The molecule has 0 radical (unpaired) electrons. The Hall–Kier alpha value is -1.07. The molecule has 2 atom stereocenters. The van der Waals surface area contributed by atoms with E-state index in [1.807, 2.05) is 0 Å². The van der Waals surface area contributed by atoms with Crippen LogP contribution in [0.2, 0.25) is 0 Å². The zero-order chi connectivity index (χ0) is 15.5. The highest BCUT2D eigenvalue weighted by Crippen LogP contribution is 2.57. The van der Waals surface area contributed by atoms with E-state index >= 15 is 0 Å². The molecule has 2 unspecified atom stereocenters. The summed E-state index contributed by atoms with van der Waals surface area (Å²) in [5, 5.41) is 0. The van der Waals surface area contributed by atoms with Crippen molar-refractivity contribution in [2.45, 2.75) is 32.2 Å². The van der Waals surface area contributed by atoms with Crippen molar-refractivity contribution in [3.05, 3.63) is 35.6 Å². The predicted octanol–water partition coefficient (Wildman–Crippen LogP) is 3.45. The van der Waals surface area contributed by atoms with Gasteiger partial charge in [0.2, 0.25) is 5.85 Å². The first-order chi connectivity index (χ1) is 10.00. The summed E-state index contributed by atoms with van der Waals surface area (Å²) < 4.78 is 41.4. The van der Waals surface area contributed by atoms with Crippen LogP contribution in [0.5, 0.6) is 0 Å². The van der Waals surface area contributed by atoms with Gasteiger partial charge in [0.1, 0.15) is 5.82 Å². The first-order valence-corrected chi connectivity index (χ1v) is 8.43. The lowest BCUT2D eigenvalue weighted by Crippen LogP contribution is -2.19. The predicted molar refractivity (Wildman–Crippen MR) is 74.5 cm³/mol. The summed E-state index contributed by atoms with van der Waals surface area (Å²) >= 11 is 0. The third kappa shape index (κ3) is 3.58. The summed E-state index contributed by atoms with van der Waals surface area (Å²) in [7, 11) is -3.64. The molecule has 0 amide bonds. The number of ketones is 1. The van der Waals surface area contributed by atoms with E-state index in [-0.39, 0.29) is 31.2 Å². The van der Waals surface area contributed by atoms with Crippen LogP contribution in [0.3, 0.4) is 0 Å². The Morgan fingerprint density at radius 1 is 1.24 bits per heavy atom. The number of hydrogen-bond donors (Lipinski definition) is 0. The summed E-state index contributed by atoms with van der Waals surface area (Å²) in [5.74, 6) is -1.91. The van der Waals surface area contributed by atoms with Crippen LogP contribution in [0.1, 0.15) is 31.9 Å². The number of halogens is 1. The Balaban J connectivity index is 2.18. The molecular formula is C14H18FO5P. The number of ether oxygens (including phenoxy) is 1. The summed E-state index contributed by atoms with van der Waals surface area (Å²) in [4.78, 5) is 12.1. The topological polar surface area (TPSA) is 61.8 Å². The molecule has 0 bridgehead atoms. The van der Waals surface area contributed by atoms with Gasteiger partial charge in [-0.3, -0.25) is 9.36 Å². The lowest BCUT2D eigenvalue weighted by molar-refractivity contribution is -0.120. The zero-order valence-electron chi connectivity index (χ0n) is 12.0. The van der Waals surface area contributed by atoms with Gasteiger partial charge >= 0.3 is 7.60 Å². The van der Waals surface area contributed by atoms with E-state index in [0.717, 1.165) is 0 Å². The molecule has 7 heteroatoms. The summed E-state index contributed by atoms with van der Waals surface area (Å²) in [6.45, 7) is 3.66. The Morgan fingerprint density at radius 2 is 1.81 bits per heavy atom. The minimum absolute atomic E-state index is 0.0699. The van der Waals surface area contributed by atoms with E-state index in [1.54, 1.807) is 26.0 Å². The van der Waals surface area contributed by atoms with Crippen LogP contribution < -0.4 is 0 Å². The van der Waals surface area contributed by atoms with Crippen LogP contribution in [-0.4, -0.2) is 24.8 Å². The molecule has 21 heavy (non-hydrogen) atoms. The number of hydrogen-bond acceptors (Lipinski definition) is 5. The molecular weight excluding hydrogens is 298 g/mol. The number of benzene rings is 1. The number of Topliss-reactive ketones (excluding diaryl/α,β-unsaturated/α-hetero) is 1. The molecule has 1 aromatic rings. The average molecular weight is 316 g/mol. The Kier molecular flexibility index (Phi) is 5.27. The van der Waals surface area contributed by atoms with Gasteiger partial charge < -0.3 is 13.8 Å². The molecule has 0 saturated carbocycles. The fourth-order valence-corrected chi connectivity index (χ4v) is 4.04. The van der Waals surface area contributed by atoms with Gasteiger partial charge in [0.05, 0.1) is 19.3 Å². The largest absolute Gasteiger partial charge is 0.366 e. The molecule has 0 spiro atoms. The Labute approximate surface area is 122 Å². The molecule has 1 aliphatic rings. The van der Waals surface area contributed by atoms with Crippen molar-refractivity contribution in [1.82, 2.24) is 0 Å². The molecule has 1 aromatic carbocycles. The van der Waals surface area contributed by atoms with E-state index in [9.17, 15) is 13.8 Å². The SMILES string of the molecule is CCOP(=O)(OCC)C1OC(c2ccc(F)cc2)CC1=O. The molecule has 1 aliphatic heterocycles. The molecule has 1 saturated heterocycles. The lowest BCUT2D eigenvalue weighted by atomic mass is 10.1. The zero-order valence-corrected chi connectivity index (χ0v) is 12.8. The van der Waals surface area contributed by atoms with E-state index in [4.69, 9.17) is 13.8 Å². The van der Waals surface area contributed by atoms with Crippen molar-refractivity contribution in [1.29, 1.82) is 0 Å². The smallest absolute Gasteiger partial charge is 0.350 e. The van der Waals surface area contributed by atoms with Gasteiger partial charge in [-0.15, -0.1) is 0 Å². The fraction of sp³-hybridized carbons (Fsp3) is 0.500. The van der Waals surface area contributed by atoms with Crippen molar-refractivity contribution in [3.8, 4) is 0 Å². The third-order valence-electron chi connectivity index (χ3n) is 3.10. The lowest BCUT2D eigenvalue weighted by Gasteiger charge is -2.22. The van der Waals surface area contributed by atoms with Crippen LogP contribution in [0, 0.1) is 5.82 Å². The highest BCUT2D eigenvalue weighted by Gasteiger charge is 2.48. The van der Waals surface area contributed by atoms with E-state index < -0.39 is 19.5 Å². The van der Waals surface area contributed by atoms with Gasteiger partial charge in [-0.25, -0.2) is 4.39 Å². The molecule has 0 N–H and O–H groups in total. The summed E-state index contributed by atoms with van der Waals surface area (Å²) in [5.41, 5.74) is 0.659. The highest BCUT2D eigenvalue weighted by atomic mass is 31.2. The van der Waals surface area contributed by atoms with Gasteiger partial charge in [0, 0.05) is 6.42 Å². The van der Waals surface area contributed by atoms with Crippen molar-refractivity contribution >= 4 is 13.4 Å². The standard InChI is InChI=1S/C14H18FO5P/c1-3-18-21(17,19-4-2)14-12(16)9-13(20-14)10-5-7-11(15)8-6-10/h5-8,13-14H,3-4,9H2,1-2H3. The van der Waals surface area contributed by atoms with Crippen LogP contribution in [0.15, 0.2) is 24.3 Å². The fourth-order valence-electron chi connectivity index (χ4n) is 2.22. The Morgan fingerprint density at radius 3 is 2.33 bits per heavy atom. The first kappa shape index (κ1) is 16.3. The first-order valence-electron chi connectivity index (χ1n) is 6.82. The number of carbonyl (C=O) groups excluding carboxylic acids is 1. The maximum Gasteiger partial charge on any atom is 0.366 e. The molecule has 0 aromatic heterocycles. The molecule has 0 aliphatic carbocycles. The van der Waals surface area contributed by atoms with E-state index in [0.29, 0.717) is 5.56 Å². The maximum atomic E-state index is 12.9. The normalized spacial score (nSPS) is 22.7. The second-order valence-electron chi connectivity index (χ2n) is 4.57. The van der Waals surface area contributed by atoms with Gasteiger partial charge in [0.25, 0.3) is 0 Å². The van der Waals surface area contributed by atoms with Crippen molar-refractivity contribution in [2.24, 2.45) is 0 Å². The minimum Gasteiger partial charge on any atom is -0.350 e. The van der Waals surface area contributed by atoms with Gasteiger partial charge in [-0.2, -0.15) is 0 Å². The third-order valence-corrected chi connectivity index (χ3v) is 5.32. The summed E-state index contributed by atoms with van der Waals surface area (Å²) in [6, 6.07) is 5.67. The molecule has 1 fully saturated rings. The Bertz CT molecular complexity index is 535. The van der Waals surface area contributed by atoms with Gasteiger partial charge in [-0.05, 0) is 31.5 Å². The molecule has 2 rings (SSSR count). The second-order valence-corrected chi connectivity index (χ2v) is 6.64. The van der Waals surface area contributed by atoms with Crippen molar-refractivity contribution < 1.29 is 27.5 Å². The van der Waals surface area contributed by atoms with Crippen LogP contribution in [-0.2, 0) is 23.1 Å². The molecule has 1 heterocycles. The monoisotopic (exact) mass is 316 g/mol. The minimum atomic E-state index is -3.64. The van der Waals surface area contributed by atoms with Crippen LogP contribution in [0.25, 0.3) is 0 Å². The second kappa shape index (κ2) is 6.79. The van der Waals surface area contributed by atoms with Crippen LogP contribution >= 0.6 is 7.60 Å². The van der Waals surface area contributed by atoms with Gasteiger partial charge in [-0.1, -0.05) is 12.1 Å². The molecule has 5 nitrogen and oxygen atoms in total. The van der Waals surface area contributed by atoms with Crippen molar-refractivity contribution in [3.63, 3.8) is 0 Å². The quantitative estimate of drug-likeness (QED) is 0.752. The average Bonchev–Trinajstić information content (AvgIpc) is 2.83. The number of carbonyl (C=O) groups is 1. The summed E-state index contributed by atoms with van der Waals surface area (Å²) in [6.07, 6.45) is -0.488. The number of rotatable bonds is 6.